The van der Waals surface area contributed by atoms with Gasteiger partial charge in [-0.1, -0.05) is 93.1 Å². The molecule has 0 saturated heterocycles. The molecule has 0 saturated carbocycles. The van der Waals surface area contributed by atoms with Crippen LogP contribution >= 0.6 is 0 Å². The number of nitrogens with one attached hydrogen (secondary N) is 4. The van der Waals surface area contributed by atoms with E-state index in [0.717, 1.165) is 11.1 Å². The van der Waals surface area contributed by atoms with E-state index in [9.17, 15) is 42.3 Å². The van der Waals surface area contributed by atoms with Crippen molar-refractivity contribution in [1.82, 2.24) is 21.3 Å². The van der Waals surface area contributed by atoms with Gasteiger partial charge in [-0.05, 0) is 35.2 Å². The maximum atomic E-state index is 13.1. The van der Waals surface area contributed by atoms with Crippen molar-refractivity contribution in [1.29, 1.82) is 0 Å². The molecule has 49 heavy (non-hydrogen) atoms. The molecule has 0 fully saturated rings. The van der Waals surface area contributed by atoms with E-state index in [1.807, 2.05) is 35.6 Å². The van der Waals surface area contributed by atoms with E-state index in [1.165, 1.54) is 6.42 Å². The standard InChI is InChI=1S/C32H34F3N5O6.C3H8/c33-32(34,35)29(44)24(15-16-26(36)41)39-27(42)19-38-31(46)25(17-20-7-3-1-4-8-20)40-28(43)18-37-30(45)23-13-11-22(12-14-23)21-9-5-2-6-10-21;1-3-2/h1-14,24-25,29,44H,15-19H2,(H2,36,41)(H,37,45)(H,38,46)(H,39,42)(H,40,43);3H2,1-2H3/t24?,25-,29?;/m0./s1. The fourth-order valence-electron chi connectivity index (χ4n) is 4.39. The topological polar surface area (TPSA) is 180 Å². The van der Waals surface area contributed by atoms with Gasteiger partial charge in [0.15, 0.2) is 6.10 Å². The third-order valence-electron chi connectivity index (χ3n) is 6.79. The summed E-state index contributed by atoms with van der Waals surface area (Å²) in [4.78, 5) is 61.8. The number of nitrogens with two attached hydrogens (primary N) is 1. The zero-order chi connectivity index (χ0) is 36.4. The summed E-state index contributed by atoms with van der Waals surface area (Å²) in [6.07, 6.45) is -7.96. The Bertz CT molecular complexity index is 1510. The van der Waals surface area contributed by atoms with Crippen LogP contribution < -0.4 is 27.0 Å². The summed E-state index contributed by atoms with van der Waals surface area (Å²) in [5.41, 5.74) is 7.80. The van der Waals surface area contributed by atoms with E-state index < -0.39 is 79.8 Å². The van der Waals surface area contributed by atoms with Gasteiger partial charge in [0.05, 0.1) is 19.1 Å². The first kappa shape index (κ1) is 39.9. The third kappa shape index (κ3) is 14.6. The highest BCUT2D eigenvalue weighted by molar-refractivity contribution is 5.97. The van der Waals surface area contributed by atoms with Gasteiger partial charge in [-0.2, -0.15) is 13.2 Å². The highest BCUT2D eigenvalue weighted by Crippen LogP contribution is 2.24. The zero-order valence-corrected chi connectivity index (χ0v) is 27.3. The monoisotopic (exact) mass is 685 g/mol. The first-order valence-electron chi connectivity index (χ1n) is 15.6. The lowest BCUT2D eigenvalue weighted by Gasteiger charge is -2.26. The molecule has 3 aromatic rings. The Kier molecular flexibility index (Phi) is 16.5. The lowest BCUT2D eigenvalue weighted by Crippen LogP contribution is -2.54. The van der Waals surface area contributed by atoms with Crippen LogP contribution in [0, 0.1) is 0 Å². The Morgan fingerprint density at radius 3 is 1.82 bits per heavy atom. The van der Waals surface area contributed by atoms with Crippen LogP contribution in [-0.4, -0.2) is 72.1 Å². The molecule has 3 atom stereocenters. The van der Waals surface area contributed by atoms with Gasteiger partial charge in [-0.15, -0.1) is 0 Å². The van der Waals surface area contributed by atoms with Crippen molar-refractivity contribution in [2.45, 2.75) is 63.9 Å². The average Bonchev–Trinajstić information content (AvgIpc) is 3.08. The first-order chi connectivity index (χ1) is 23.2. The van der Waals surface area contributed by atoms with Gasteiger partial charge >= 0.3 is 6.18 Å². The van der Waals surface area contributed by atoms with Gasteiger partial charge in [0.2, 0.25) is 23.6 Å². The molecule has 14 heteroatoms. The summed E-state index contributed by atoms with van der Waals surface area (Å²) in [6.45, 7) is 2.97. The van der Waals surface area contributed by atoms with Crippen molar-refractivity contribution in [2.75, 3.05) is 13.1 Å². The van der Waals surface area contributed by atoms with E-state index in [1.54, 1.807) is 54.6 Å². The van der Waals surface area contributed by atoms with Crippen LogP contribution in [0.2, 0.25) is 0 Å². The molecule has 11 nitrogen and oxygen atoms in total. The minimum atomic E-state index is -5.09. The number of hydrogen-bond donors (Lipinski definition) is 6. The lowest BCUT2D eigenvalue weighted by atomic mass is 10.0. The van der Waals surface area contributed by atoms with Crippen molar-refractivity contribution in [3.05, 3.63) is 96.1 Å². The molecule has 0 aromatic heterocycles. The summed E-state index contributed by atoms with van der Waals surface area (Å²) in [7, 11) is 0. The van der Waals surface area contributed by atoms with E-state index in [0.29, 0.717) is 11.1 Å². The fraction of sp³-hybridized carbons (Fsp3) is 0.343. The molecule has 0 heterocycles. The van der Waals surface area contributed by atoms with Crippen molar-refractivity contribution in [3.63, 3.8) is 0 Å². The lowest BCUT2D eigenvalue weighted by molar-refractivity contribution is -0.212. The number of halogens is 3. The molecular formula is C35H42F3N5O6. The quantitative estimate of drug-likeness (QED) is 0.143. The molecule has 264 valence electrons. The number of carbonyl (C=O) groups is 5. The summed E-state index contributed by atoms with van der Waals surface area (Å²) >= 11 is 0. The second-order valence-corrected chi connectivity index (χ2v) is 11.0. The van der Waals surface area contributed by atoms with Crippen LogP contribution in [0.4, 0.5) is 13.2 Å². The number of alkyl halides is 3. The van der Waals surface area contributed by atoms with Crippen LogP contribution in [0.25, 0.3) is 11.1 Å². The number of amides is 5. The predicted octanol–water partition coefficient (Wildman–Crippen LogP) is 3.02. The molecule has 7 N–H and O–H groups in total. The maximum Gasteiger partial charge on any atom is 0.416 e. The molecule has 3 rings (SSSR count). The van der Waals surface area contributed by atoms with Gasteiger partial charge in [-0.3, -0.25) is 24.0 Å². The molecule has 0 bridgehead atoms. The highest BCUT2D eigenvalue weighted by atomic mass is 19.4. The summed E-state index contributed by atoms with van der Waals surface area (Å²) < 4.78 is 39.2. The number of hydrogen-bond acceptors (Lipinski definition) is 6. The molecule has 3 aromatic carbocycles. The summed E-state index contributed by atoms with van der Waals surface area (Å²) in [6, 6.07) is 21.7. The van der Waals surface area contributed by atoms with E-state index >= 15 is 0 Å². The number of primary amides is 1. The van der Waals surface area contributed by atoms with Gasteiger partial charge in [0.25, 0.3) is 5.91 Å². The Balaban J connectivity index is 0.00000267. The minimum absolute atomic E-state index is 0.0110. The Morgan fingerprint density at radius 2 is 1.27 bits per heavy atom. The molecule has 0 aliphatic rings. The molecule has 5 amide bonds. The van der Waals surface area contributed by atoms with Crippen molar-refractivity contribution >= 4 is 29.5 Å². The highest BCUT2D eigenvalue weighted by Gasteiger charge is 2.44. The van der Waals surface area contributed by atoms with Crippen LogP contribution in [0.1, 0.15) is 49.0 Å². The Morgan fingerprint density at radius 1 is 0.755 bits per heavy atom. The largest absolute Gasteiger partial charge is 0.416 e. The van der Waals surface area contributed by atoms with Crippen molar-refractivity contribution in [3.8, 4) is 11.1 Å². The van der Waals surface area contributed by atoms with Crippen molar-refractivity contribution in [2.24, 2.45) is 5.73 Å². The number of aliphatic hydroxyl groups excluding tert-OH is 1. The predicted molar refractivity (Wildman–Crippen MR) is 178 cm³/mol. The Labute approximate surface area is 282 Å². The van der Waals surface area contributed by atoms with E-state index in [-0.39, 0.29) is 6.42 Å². The van der Waals surface area contributed by atoms with E-state index in [2.05, 4.69) is 29.8 Å². The SMILES string of the molecule is CCC.NC(=O)CCC(NC(=O)CNC(=O)[C@H](Cc1ccccc1)NC(=O)CNC(=O)c1ccc(-c2ccccc2)cc1)C(O)C(F)(F)F. The molecule has 0 aliphatic heterocycles. The number of benzene rings is 3. The average molecular weight is 686 g/mol. The van der Waals surface area contributed by atoms with Crippen LogP contribution in [0.3, 0.4) is 0 Å². The van der Waals surface area contributed by atoms with E-state index in [4.69, 9.17) is 5.73 Å². The minimum Gasteiger partial charge on any atom is -0.382 e. The first-order valence-corrected chi connectivity index (χ1v) is 15.6. The van der Waals surface area contributed by atoms with Gasteiger partial charge < -0.3 is 32.1 Å². The second-order valence-electron chi connectivity index (χ2n) is 11.0. The molecule has 2 unspecified atom stereocenters. The van der Waals surface area contributed by atoms with Gasteiger partial charge in [0, 0.05) is 18.4 Å². The van der Waals surface area contributed by atoms with Crippen molar-refractivity contribution < 1.29 is 42.3 Å². The number of rotatable bonds is 15. The Hall–Kier alpha value is -5.24. The molecule has 0 spiro atoms. The smallest absolute Gasteiger partial charge is 0.382 e. The fourth-order valence-corrected chi connectivity index (χ4v) is 4.39. The number of aliphatic hydroxyl groups is 1. The van der Waals surface area contributed by atoms with Crippen LogP contribution in [0.5, 0.6) is 0 Å². The molecule has 0 aliphatic carbocycles. The molecular weight excluding hydrogens is 643 g/mol. The van der Waals surface area contributed by atoms with Gasteiger partial charge in [0.1, 0.15) is 6.04 Å². The second kappa shape index (κ2) is 20.2. The normalized spacial score (nSPS) is 12.6. The summed E-state index contributed by atoms with van der Waals surface area (Å²) in [5, 5.41) is 18.8. The summed E-state index contributed by atoms with van der Waals surface area (Å²) in [5.74, 6) is -4.09. The van der Waals surface area contributed by atoms with Crippen LogP contribution in [0.15, 0.2) is 84.9 Å². The maximum absolute atomic E-state index is 13.1. The number of carbonyl (C=O) groups excluding carboxylic acids is 5. The van der Waals surface area contributed by atoms with Crippen LogP contribution in [-0.2, 0) is 25.6 Å². The molecule has 0 radical (unpaired) electrons. The van der Waals surface area contributed by atoms with Gasteiger partial charge in [-0.25, -0.2) is 0 Å². The third-order valence-corrected chi connectivity index (χ3v) is 6.79. The zero-order valence-electron chi connectivity index (χ0n) is 27.3.